The van der Waals surface area contributed by atoms with E-state index in [1.807, 2.05) is 18.2 Å². The maximum absolute atomic E-state index is 7.74. The molecular weight excluding hydrogens is 196 g/mol. The normalized spacial score (nSPS) is 21.0. The molecule has 2 heterocycles. The van der Waals surface area contributed by atoms with E-state index in [1.165, 1.54) is 0 Å². The number of benzene rings is 1. The molecule has 5 heteroatoms. The molecule has 2 aliphatic heterocycles. The van der Waals surface area contributed by atoms with Crippen LogP contribution in [0.15, 0.2) is 31.4 Å². The van der Waals surface area contributed by atoms with E-state index in [9.17, 15) is 0 Å². The topological polar surface area (TPSA) is 60.9 Å². The molecule has 1 aromatic rings. The first-order valence-electron chi connectivity index (χ1n) is 4.10. The molecule has 1 atom stereocenters. The third kappa shape index (κ3) is 0.927. The van der Waals surface area contributed by atoms with E-state index in [2.05, 4.69) is 14.4 Å². The number of rotatable bonds is 0. The van der Waals surface area contributed by atoms with Crippen molar-refractivity contribution >= 4 is 35.2 Å². The Morgan fingerprint density at radius 1 is 1.29 bits per heavy atom. The Morgan fingerprint density at radius 3 is 3.14 bits per heavy atom. The molecule has 0 saturated heterocycles. The highest BCUT2D eigenvalue weighted by Crippen LogP contribution is 2.10. The number of hydrogen-bond donors (Lipinski definition) is 1. The summed E-state index contributed by atoms with van der Waals surface area (Å²) in [7, 11) is -0.785. The van der Waals surface area contributed by atoms with Crippen molar-refractivity contribution in [2.45, 2.75) is 4.90 Å². The number of fused-ring (bicyclic) bond motifs is 3. The van der Waals surface area contributed by atoms with Gasteiger partial charge in [-0.25, -0.2) is 14.4 Å². The fraction of sp³-hybridized carbons (Fsp3) is 0. The molecule has 0 aliphatic carbocycles. The molecule has 2 aliphatic rings. The Bertz CT molecular complexity index is 612. The first-order valence-corrected chi connectivity index (χ1v) is 5.28. The van der Waals surface area contributed by atoms with Crippen molar-refractivity contribution in [2.75, 3.05) is 0 Å². The molecule has 1 unspecified atom stereocenters. The summed E-state index contributed by atoms with van der Waals surface area (Å²) in [5.74, 6) is 0. The summed E-state index contributed by atoms with van der Waals surface area (Å²) in [6.45, 7) is 0. The maximum atomic E-state index is 7.74. The van der Waals surface area contributed by atoms with Gasteiger partial charge in [0, 0.05) is 27.2 Å². The van der Waals surface area contributed by atoms with Crippen LogP contribution in [0.4, 0.5) is 5.69 Å². The number of aliphatic imine (C=N–C) groups is 1. The van der Waals surface area contributed by atoms with Crippen molar-refractivity contribution < 1.29 is 0 Å². The van der Waals surface area contributed by atoms with Crippen LogP contribution in [0.25, 0.3) is 6.08 Å². The van der Waals surface area contributed by atoms with Crippen molar-refractivity contribution in [1.82, 2.24) is 0 Å². The van der Waals surface area contributed by atoms with Gasteiger partial charge in [0.2, 0.25) is 0 Å². The molecule has 0 spiro atoms. The molecule has 1 aromatic carbocycles. The maximum Gasteiger partial charge on any atom is 0.116 e. The average molecular weight is 202 g/mol. The van der Waals surface area contributed by atoms with E-state index < -0.39 is 10.9 Å². The largest absolute Gasteiger partial charge is 0.255 e. The minimum absolute atomic E-state index is 0.785. The molecule has 0 aromatic heterocycles. The second kappa shape index (κ2) is 2.68. The summed E-state index contributed by atoms with van der Waals surface area (Å²) < 4.78 is 11.8. The Labute approximate surface area is 82.5 Å². The van der Waals surface area contributed by atoms with Gasteiger partial charge in [0.1, 0.15) is 6.34 Å². The summed E-state index contributed by atoms with van der Waals surface area (Å²) in [6.07, 6.45) is 5.11. The van der Waals surface area contributed by atoms with Crippen LogP contribution in [0.1, 0.15) is 0 Å². The lowest BCUT2D eigenvalue weighted by atomic mass is 10.2. The predicted octanol–water partition coefficient (Wildman–Crippen LogP) is 0.499. The molecule has 14 heavy (non-hydrogen) atoms. The molecule has 3 rings (SSSR count). The predicted molar refractivity (Wildman–Crippen MR) is 56.7 cm³/mol. The molecule has 0 amide bonds. The lowest BCUT2D eigenvalue weighted by Gasteiger charge is -2.04. The minimum Gasteiger partial charge on any atom is -0.255 e. The summed E-state index contributed by atoms with van der Waals surface area (Å²) in [5, 5.41) is 1.87. The molecule has 4 nitrogen and oxygen atoms in total. The lowest BCUT2D eigenvalue weighted by Crippen LogP contribution is -2.29. The molecule has 0 fully saturated rings. The van der Waals surface area contributed by atoms with Gasteiger partial charge in [-0.3, -0.25) is 4.78 Å². The van der Waals surface area contributed by atoms with Gasteiger partial charge >= 0.3 is 0 Å². The molecule has 68 valence electrons. The smallest absolute Gasteiger partial charge is 0.116 e. The third-order valence-electron chi connectivity index (χ3n) is 2.16. The summed E-state index contributed by atoms with van der Waals surface area (Å²) in [6, 6.07) is 3.81. The van der Waals surface area contributed by atoms with Gasteiger partial charge in [-0.05, 0) is 18.2 Å². The Balaban J connectivity index is 2.53. The van der Waals surface area contributed by atoms with Crippen molar-refractivity contribution in [2.24, 2.45) is 14.4 Å². The van der Waals surface area contributed by atoms with Crippen LogP contribution in [0.3, 0.4) is 0 Å². The minimum atomic E-state index is -0.785. The second-order valence-corrected chi connectivity index (χ2v) is 4.14. The fourth-order valence-electron chi connectivity index (χ4n) is 1.52. The fourth-order valence-corrected chi connectivity index (χ4v) is 2.39. The van der Waals surface area contributed by atoms with Crippen LogP contribution in [0.5, 0.6) is 0 Å². The molecule has 0 radical (unpaired) electrons. The molecule has 1 N–H and O–H groups in total. The monoisotopic (exact) mass is 202 g/mol. The van der Waals surface area contributed by atoms with E-state index in [-0.39, 0.29) is 0 Å². The van der Waals surface area contributed by atoms with E-state index in [0.29, 0.717) is 0 Å². The van der Waals surface area contributed by atoms with Crippen molar-refractivity contribution in [3.05, 3.63) is 22.7 Å². The highest BCUT2D eigenvalue weighted by Gasteiger charge is 2.09. The third-order valence-corrected chi connectivity index (χ3v) is 3.26. The second-order valence-electron chi connectivity index (χ2n) is 2.92. The van der Waals surface area contributed by atoms with Gasteiger partial charge in [-0.1, -0.05) is 0 Å². The Kier molecular flexibility index (Phi) is 1.49. The van der Waals surface area contributed by atoms with Crippen LogP contribution in [-0.4, -0.2) is 12.6 Å². The summed E-state index contributed by atoms with van der Waals surface area (Å²) in [4.78, 5) is 9.23. The first-order chi connectivity index (χ1) is 6.86. The standard InChI is InChI=1S/C9H6N4S/c10-14-8-2-1-7-9(12-5-11-7)6(8)3-4-13-14/h1-5,10H. The van der Waals surface area contributed by atoms with Crippen LogP contribution in [-0.2, 0) is 10.9 Å². The molecular formula is C9H6N4S. The van der Waals surface area contributed by atoms with Gasteiger partial charge < -0.3 is 0 Å². The van der Waals surface area contributed by atoms with E-state index >= 15 is 0 Å². The quantitative estimate of drug-likeness (QED) is 0.637. The Morgan fingerprint density at radius 2 is 2.21 bits per heavy atom. The molecule has 0 saturated carbocycles. The SMILES string of the molecule is N=S1N=CC=c2c1ccc1c2=NC=N1. The van der Waals surface area contributed by atoms with Crippen LogP contribution in [0.2, 0.25) is 0 Å². The zero-order valence-electron chi connectivity index (χ0n) is 7.14. The van der Waals surface area contributed by atoms with E-state index in [4.69, 9.17) is 4.78 Å². The average Bonchev–Trinajstić information content (AvgIpc) is 2.66. The van der Waals surface area contributed by atoms with Crippen molar-refractivity contribution in [3.63, 3.8) is 0 Å². The highest BCUT2D eigenvalue weighted by molar-refractivity contribution is 7.85. The van der Waals surface area contributed by atoms with Crippen molar-refractivity contribution in [1.29, 1.82) is 4.78 Å². The van der Waals surface area contributed by atoms with E-state index in [1.54, 1.807) is 12.6 Å². The highest BCUT2D eigenvalue weighted by atomic mass is 32.2. The van der Waals surface area contributed by atoms with Gasteiger partial charge in [0.25, 0.3) is 0 Å². The first kappa shape index (κ1) is 7.75. The summed E-state index contributed by atoms with van der Waals surface area (Å²) >= 11 is 0. The van der Waals surface area contributed by atoms with Crippen LogP contribution < -0.4 is 10.6 Å². The number of nitrogens with one attached hydrogen (secondary N) is 1. The number of nitrogens with zero attached hydrogens (tertiary/aromatic N) is 3. The zero-order chi connectivity index (χ0) is 9.54. The summed E-state index contributed by atoms with van der Waals surface area (Å²) in [5.41, 5.74) is 0.882. The lowest BCUT2D eigenvalue weighted by molar-refractivity contribution is 1.26. The van der Waals surface area contributed by atoms with Crippen molar-refractivity contribution in [3.8, 4) is 0 Å². The van der Waals surface area contributed by atoms with Gasteiger partial charge in [-0.2, -0.15) is 0 Å². The number of hydrogen-bond acceptors (Lipinski definition) is 3. The molecule has 0 bridgehead atoms. The Hall–Kier alpha value is -1.62. The van der Waals surface area contributed by atoms with E-state index in [0.717, 1.165) is 21.2 Å². The van der Waals surface area contributed by atoms with Crippen LogP contribution in [0, 0.1) is 4.78 Å². The van der Waals surface area contributed by atoms with Gasteiger partial charge in [-0.15, -0.1) is 0 Å². The zero-order valence-corrected chi connectivity index (χ0v) is 7.95. The van der Waals surface area contributed by atoms with Gasteiger partial charge in [0.15, 0.2) is 0 Å². The van der Waals surface area contributed by atoms with Gasteiger partial charge in [0.05, 0.1) is 11.0 Å². The van der Waals surface area contributed by atoms with Crippen LogP contribution >= 0.6 is 0 Å².